The summed E-state index contributed by atoms with van der Waals surface area (Å²) in [5, 5.41) is 0.424. The zero-order chi connectivity index (χ0) is 20.3. The molecule has 0 N–H and O–H groups in total. The lowest BCUT2D eigenvalue weighted by molar-refractivity contribution is 0.0504. The van der Waals surface area contributed by atoms with Gasteiger partial charge in [-0.1, -0.05) is 19.1 Å². The molecule has 3 rings (SSSR count). The van der Waals surface area contributed by atoms with Gasteiger partial charge in [0.15, 0.2) is 0 Å². The van der Waals surface area contributed by atoms with Gasteiger partial charge in [-0.15, -0.1) is 11.3 Å². The lowest BCUT2D eigenvalue weighted by Gasteiger charge is -2.07. The fraction of sp³-hybridized carbons (Fsp3) is 0.300. The highest BCUT2D eigenvalue weighted by Gasteiger charge is 2.19. The molecule has 2 aromatic heterocycles. The van der Waals surface area contributed by atoms with Crippen LogP contribution >= 0.6 is 11.3 Å². The number of aromatic nitrogens is 2. The first kappa shape index (κ1) is 19.8. The molecule has 3 aromatic rings. The van der Waals surface area contributed by atoms with Crippen LogP contribution in [-0.2, 0) is 16.0 Å². The van der Waals surface area contributed by atoms with Crippen LogP contribution in [0.2, 0.25) is 0 Å². The maximum atomic E-state index is 12.9. The Bertz CT molecular complexity index is 1080. The Balaban J connectivity index is 1.87. The molecule has 0 aliphatic heterocycles. The van der Waals surface area contributed by atoms with Crippen LogP contribution in [0.25, 0.3) is 10.2 Å². The Hall–Kier alpha value is -3.00. The summed E-state index contributed by atoms with van der Waals surface area (Å²) in [5.74, 6) is -0.838. The number of fused-ring (bicyclic) bond motifs is 1. The Morgan fingerprint density at radius 1 is 1.18 bits per heavy atom. The Labute approximate surface area is 165 Å². The smallest absolute Gasteiger partial charge is 0.348 e. The van der Waals surface area contributed by atoms with Crippen LogP contribution < -0.4 is 5.56 Å². The number of aryl methyl sites for hydroxylation is 1. The second-order valence-corrected chi connectivity index (χ2v) is 7.24. The van der Waals surface area contributed by atoms with Crippen molar-refractivity contribution in [1.82, 2.24) is 9.55 Å². The maximum absolute atomic E-state index is 12.9. The summed E-state index contributed by atoms with van der Waals surface area (Å²) in [7, 11) is 1.31. The van der Waals surface area contributed by atoms with E-state index in [9.17, 15) is 14.4 Å². The second-order valence-electron chi connectivity index (χ2n) is 6.24. The minimum Gasteiger partial charge on any atom is -0.465 e. The first-order valence-electron chi connectivity index (χ1n) is 8.79. The Morgan fingerprint density at radius 2 is 1.89 bits per heavy atom. The third-order valence-corrected chi connectivity index (χ3v) is 5.45. The molecule has 7 nitrogen and oxygen atoms in total. The maximum Gasteiger partial charge on any atom is 0.348 e. The standard InChI is InChI=1S/C20H20N2O5S/c1-4-9-27-19(24)14-7-5-13(6-8-14)10-22-11-21-17-15(18(22)23)12(2)16(28-17)20(25)26-3/h5-8,11H,4,9-10H2,1-3H3. The van der Waals surface area contributed by atoms with Gasteiger partial charge in [-0.3, -0.25) is 9.36 Å². The van der Waals surface area contributed by atoms with Gasteiger partial charge in [-0.25, -0.2) is 14.6 Å². The van der Waals surface area contributed by atoms with E-state index in [1.165, 1.54) is 18.0 Å². The number of ether oxygens (including phenoxy) is 2. The lowest BCUT2D eigenvalue weighted by Crippen LogP contribution is -2.21. The van der Waals surface area contributed by atoms with E-state index in [1.807, 2.05) is 6.92 Å². The average Bonchev–Trinajstić information content (AvgIpc) is 3.05. The fourth-order valence-electron chi connectivity index (χ4n) is 2.78. The highest BCUT2D eigenvalue weighted by molar-refractivity contribution is 7.20. The van der Waals surface area contributed by atoms with Crippen LogP contribution in [0.1, 0.15) is 44.5 Å². The second kappa shape index (κ2) is 8.35. The first-order valence-corrected chi connectivity index (χ1v) is 9.60. The van der Waals surface area contributed by atoms with Crippen molar-refractivity contribution >= 4 is 33.5 Å². The molecule has 0 atom stereocenters. The normalized spacial score (nSPS) is 10.8. The number of hydrogen-bond acceptors (Lipinski definition) is 7. The van der Waals surface area contributed by atoms with Crippen molar-refractivity contribution in [3.63, 3.8) is 0 Å². The molecule has 0 amide bonds. The number of carbonyl (C=O) groups excluding carboxylic acids is 2. The number of thiophene rings is 1. The monoisotopic (exact) mass is 400 g/mol. The number of esters is 2. The van der Waals surface area contributed by atoms with Crippen molar-refractivity contribution in [2.75, 3.05) is 13.7 Å². The molecule has 28 heavy (non-hydrogen) atoms. The number of carbonyl (C=O) groups is 2. The molecule has 0 radical (unpaired) electrons. The van der Waals surface area contributed by atoms with E-state index in [0.717, 1.165) is 23.3 Å². The summed E-state index contributed by atoms with van der Waals surface area (Å²) < 4.78 is 11.4. The van der Waals surface area contributed by atoms with Crippen molar-refractivity contribution in [1.29, 1.82) is 0 Å². The van der Waals surface area contributed by atoms with E-state index in [1.54, 1.807) is 31.2 Å². The largest absolute Gasteiger partial charge is 0.465 e. The molecule has 0 spiro atoms. The van der Waals surface area contributed by atoms with Crippen LogP contribution in [0.3, 0.4) is 0 Å². The molecule has 0 unspecified atom stereocenters. The molecule has 0 aliphatic rings. The number of rotatable bonds is 6. The molecule has 0 saturated carbocycles. The zero-order valence-electron chi connectivity index (χ0n) is 15.9. The van der Waals surface area contributed by atoms with Crippen LogP contribution in [0.5, 0.6) is 0 Å². The first-order chi connectivity index (χ1) is 13.5. The lowest BCUT2D eigenvalue weighted by atomic mass is 10.1. The van der Waals surface area contributed by atoms with Crippen molar-refractivity contribution in [2.24, 2.45) is 0 Å². The highest BCUT2D eigenvalue weighted by Crippen LogP contribution is 2.27. The van der Waals surface area contributed by atoms with Crippen LogP contribution in [0, 0.1) is 6.92 Å². The number of benzene rings is 1. The van der Waals surface area contributed by atoms with Crippen molar-refractivity contribution in [3.05, 3.63) is 62.5 Å². The quantitative estimate of drug-likeness (QED) is 0.591. The zero-order valence-corrected chi connectivity index (χ0v) is 16.7. The van der Waals surface area contributed by atoms with Gasteiger partial charge in [0, 0.05) is 0 Å². The van der Waals surface area contributed by atoms with E-state index < -0.39 is 5.97 Å². The molecule has 2 heterocycles. The third-order valence-electron chi connectivity index (χ3n) is 4.27. The summed E-state index contributed by atoms with van der Waals surface area (Å²) in [6.07, 6.45) is 2.23. The molecule has 1 aromatic carbocycles. The van der Waals surface area contributed by atoms with Gasteiger partial charge in [0.1, 0.15) is 9.71 Å². The minimum absolute atomic E-state index is 0.222. The van der Waals surface area contributed by atoms with E-state index in [2.05, 4.69) is 4.98 Å². The predicted octanol–water partition coefficient (Wildman–Crippen LogP) is 3.17. The van der Waals surface area contributed by atoms with Gasteiger partial charge in [0.25, 0.3) is 5.56 Å². The third kappa shape index (κ3) is 3.82. The summed E-state index contributed by atoms with van der Waals surface area (Å²) in [6, 6.07) is 6.91. The van der Waals surface area contributed by atoms with Gasteiger partial charge in [0.05, 0.1) is 37.5 Å². The van der Waals surface area contributed by atoms with Gasteiger partial charge in [0.2, 0.25) is 0 Å². The summed E-state index contributed by atoms with van der Waals surface area (Å²) in [4.78, 5) is 41.8. The SMILES string of the molecule is CCCOC(=O)c1ccc(Cn2cnc3sc(C(=O)OC)c(C)c3c2=O)cc1. The number of methoxy groups -OCH3 is 1. The van der Waals surface area contributed by atoms with E-state index >= 15 is 0 Å². The van der Waals surface area contributed by atoms with Gasteiger partial charge in [-0.2, -0.15) is 0 Å². The molecule has 146 valence electrons. The van der Waals surface area contributed by atoms with Crippen LogP contribution in [0.15, 0.2) is 35.4 Å². The molecule has 0 aliphatic carbocycles. The van der Waals surface area contributed by atoms with Gasteiger partial charge in [-0.05, 0) is 36.6 Å². The van der Waals surface area contributed by atoms with E-state index in [4.69, 9.17) is 9.47 Å². The van der Waals surface area contributed by atoms with Gasteiger partial charge < -0.3 is 9.47 Å². The van der Waals surface area contributed by atoms with Gasteiger partial charge >= 0.3 is 11.9 Å². The van der Waals surface area contributed by atoms with Crippen molar-refractivity contribution < 1.29 is 19.1 Å². The Morgan fingerprint density at radius 3 is 2.54 bits per heavy atom. The predicted molar refractivity (Wildman–Crippen MR) is 106 cm³/mol. The van der Waals surface area contributed by atoms with E-state index in [-0.39, 0.29) is 11.5 Å². The van der Waals surface area contributed by atoms with Crippen molar-refractivity contribution in [3.8, 4) is 0 Å². The average molecular weight is 400 g/mol. The van der Waals surface area contributed by atoms with E-state index in [0.29, 0.717) is 39.4 Å². The molecule has 8 heteroatoms. The number of nitrogens with zero attached hydrogens (tertiary/aromatic N) is 2. The molecule has 0 fully saturated rings. The van der Waals surface area contributed by atoms with Crippen LogP contribution in [0.4, 0.5) is 0 Å². The molecule has 0 bridgehead atoms. The highest BCUT2D eigenvalue weighted by atomic mass is 32.1. The molecular weight excluding hydrogens is 380 g/mol. The van der Waals surface area contributed by atoms with Crippen LogP contribution in [-0.4, -0.2) is 35.2 Å². The summed E-state index contributed by atoms with van der Waals surface area (Å²) >= 11 is 1.15. The Kier molecular flexibility index (Phi) is 5.89. The molecule has 0 saturated heterocycles. The fourth-order valence-corrected chi connectivity index (χ4v) is 3.84. The minimum atomic E-state index is -0.475. The van der Waals surface area contributed by atoms with Crippen molar-refractivity contribution in [2.45, 2.75) is 26.8 Å². The summed E-state index contributed by atoms with van der Waals surface area (Å²) in [6.45, 7) is 4.33. The molecular formula is C20H20N2O5S. The summed E-state index contributed by atoms with van der Waals surface area (Å²) in [5.41, 5.74) is 1.67. The number of hydrogen-bond donors (Lipinski definition) is 0. The topological polar surface area (TPSA) is 87.5 Å².